The minimum Gasteiger partial charge on any atom is -0.393 e. The number of aliphatic hydroxyl groups excluding tert-OH is 1. The first-order valence-corrected chi connectivity index (χ1v) is 5.88. The molecule has 1 N–H and O–H groups in total. The molecule has 0 spiro atoms. The second kappa shape index (κ2) is 5.56. The number of aliphatic hydroxyl groups is 1. The lowest BCUT2D eigenvalue weighted by Gasteiger charge is -2.25. The minimum absolute atomic E-state index is 0.0877. The van der Waals surface area contributed by atoms with E-state index in [9.17, 15) is 13.9 Å². The van der Waals surface area contributed by atoms with E-state index in [-0.39, 0.29) is 18.8 Å². The number of halogens is 2. The summed E-state index contributed by atoms with van der Waals surface area (Å²) in [7, 11) is 0. The molecule has 0 unspecified atom stereocenters. The topological polar surface area (TPSA) is 29.5 Å². The molecule has 94 valence electrons. The molecule has 0 saturated heterocycles. The molecule has 0 heterocycles. The Labute approximate surface area is 99.2 Å². The number of ether oxygens (including phenoxy) is 1. The molecule has 1 aliphatic carbocycles. The molecule has 0 amide bonds. The Bertz CT molecular complexity index is 353. The summed E-state index contributed by atoms with van der Waals surface area (Å²) < 4.78 is 31.4. The third-order valence-corrected chi connectivity index (χ3v) is 3.05. The lowest BCUT2D eigenvalue weighted by Crippen LogP contribution is -2.24. The van der Waals surface area contributed by atoms with Crippen LogP contribution in [0.5, 0.6) is 0 Å². The van der Waals surface area contributed by atoms with Crippen LogP contribution in [0.3, 0.4) is 0 Å². The Morgan fingerprint density at radius 3 is 2.24 bits per heavy atom. The van der Waals surface area contributed by atoms with Gasteiger partial charge in [-0.05, 0) is 43.4 Å². The highest BCUT2D eigenvalue weighted by molar-refractivity contribution is 5.16. The molecule has 1 aliphatic rings. The monoisotopic (exact) mass is 242 g/mol. The summed E-state index contributed by atoms with van der Waals surface area (Å²) in [6.07, 6.45) is 2.95. The summed E-state index contributed by atoms with van der Waals surface area (Å²) >= 11 is 0. The van der Waals surface area contributed by atoms with Crippen LogP contribution in [-0.4, -0.2) is 17.3 Å². The summed E-state index contributed by atoms with van der Waals surface area (Å²) in [6.45, 7) is 0.218. The van der Waals surface area contributed by atoms with Gasteiger partial charge >= 0.3 is 0 Å². The highest BCUT2D eigenvalue weighted by Crippen LogP contribution is 2.22. The Morgan fingerprint density at radius 2 is 1.65 bits per heavy atom. The lowest BCUT2D eigenvalue weighted by molar-refractivity contribution is -0.0120. The SMILES string of the molecule is OC1CCC(OCc2cc(F)cc(F)c2)CC1. The van der Waals surface area contributed by atoms with Crippen molar-refractivity contribution >= 4 is 0 Å². The molecule has 2 nitrogen and oxygen atoms in total. The average Bonchev–Trinajstić information content (AvgIpc) is 2.27. The van der Waals surface area contributed by atoms with Crippen molar-refractivity contribution in [1.29, 1.82) is 0 Å². The van der Waals surface area contributed by atoms with Crippen molar-refractivity contribution < 1.29 is 18.6 Å². The van der Waals surface area contributed by atoms with Crippen molar-refractivity contribution in [2.24, 2.45) is 0 Å². The smallest absolute Gasteiger partial charge is 0.126 e. The molecule has 0 atom stereocenters. The first kappa shape index (κ1) is 12.5. The zero-order valence-electron chi connectivity index (χ0n) is 9.53. The van der Waals surface area contributed by atoms with Gasteiger partial charge in [-0.25, -0.2) is 8.78 Å². The van der Waals surface area contributed by atoms with Gasteiger partial charge in [-0.3, -0.25) is 0 Å². The van der Waals surface area contributed by atoms with Crippen LogP contribution in [0.25, 0.3) is 0 Å². The van der Waals surface area contributed by atoms with Gasteiger partial charge in [0.25, 0.3) is 0 Å². The highest BCUT2D eigenvalue weighted by atomic mass is 19.1. The van der Waals surface area contributed by atoms with Gasteiger partial charge in [0.1, 0.15) is 11.6 Å². The first-order valence-electron chi connectivity index (χ1n) is 5.88. The van der Waals surface area contributed by atoms with Crippen molar-refractivity contribution in [2.45, 2.75) is 44.5 Å². The number of hydrogen-bond acceptors (Lipinski definition) is 2. The van der Waals surface area contributed by atoms with E-state index in [1.165, 1.54) is 12.1 Å². The van der Waals surface area contributed by atoms with Gasteiger partial charge in [-0.1, -0.05) is 0 Å². The maximum atomic E-state index is 12.9. The zero-order valence-corrected chi connectivity index (χ0v) is 9.53. The van der Waals surface area contributed by atoms with Gasteiger partial charge in [0.15, 0.2) is 0 Å². The van der Waals surface area contributed by atoms with Gasteiger partial charge in [0, 0.05) is 6.07 Å². The van der Waals surface area contributed by atoms with Crippen LogP contribution < -0.4 is 0 Å². The largest absolute Gasteiger partial charge is 0.393 e. The third-order valence-electron chi connectivity index (χ3n) is 3.05. The molecular weight excluding hydrogens is 226 g/mol. The summed E-state index contributed by atoms with van der Waals surface area (Å²) in [5.74, 6) is -1.16. The molecule has 1 aromatic carbocycles. The Morgan fingerprint density at radius 1 is 1.06 bits per heavy atom. The van der Waals surface area contributed by atoms with Crippen LogP contribution in [0, 0.1) is 11.6 Å². The molecule has 2 rings (SSSR count). The quantitative estimate of drug-likeness (QED) is 0.883. The molecular formula is C13H16F2O2. The van der Waals surface area contributed by atoms with Crippen LogP contribution in [0.15, 0.2) is 18.2 Å². The fraction of sp³-hybridized carbons (Fsp3) is 0.538. The predicted molar refractivity (Wildman–Crippen MR) is 59.4 cm³/mol. The molecule has 0 radical (unpaired) electrons. The second-order valence-electron chi connectivity index (χ2n) is 4.52. The molecule has 1 aromatic rings. The van der Waals surface area contributed by atoms with Crippen LogP contribution >= 0.6 is 0 Å². The fourth-order valence-electron chi connectivity index (χ4n) is 2.12. The summed E-state index contributed by atoms with van der Waals surface area (Å²) in [4.78, 5) is 0. The van der Waals surface area contributed by atoms with E-state index in [0.29, 0.717) is 5.56 Å². The number of benzene rings is 1. The van der Waals surface area contributed by atoms with E-state index in [0.717, 1.165) is 31.7 Å². The van der Waals surface area contributed by atoms with Crippen molar-refractivity contribution in [3.63, 3.8) is 0 Å². The van der Waals surface area contributed by atoms with Gasteiger partial charge in [0.2, 0.25) is 0 Å². The normalized spacial score (nSPS) is 24.9. The second-order valence-corrected chi connectivity index (χ2v) is 4.52. The fourth-order valence-corrected chi connectivity index (χ4v) is 2.12. The number of hydrogen-bond donors (Lipinski definition) is 1. The van der Waals surface area contributed by atoms with E-state index >= 15 is 0 Å². The van der Waals surface area contributed by atoms with Gasteiger partial charge in [-0.15, -0.1) is 0 Å². The summed E-state index contributed by atoms with van der Waals surface area (Å²) in [5, 5.41) is 9.33. The van der Waals surface area contributed by atoms with E-state index in [2.05, 4.69) is 0 Å². The third kappa shape index (κ3) is 3.75. The molecule has 0 aliphatic heterocycles. The molecule has 0 aromatic heterocycles. The van der Waals surface area contributed by atoms with Crippen LogP contribution in [-0.2, 0) is 11.3 Å². The highest BCUT2D eigenvalue weighted by Gasteiger charge is 2.19. The van der Waals surface area contributed by atoms with E-state index in [4.69, 9.17) is 4.74 Å². The van der Waals surface area contributed by atoms with Crippen molar-refractivity contribution in [1.82, 2.24) is 0 Å². The first-order chi connectivity index (χ1) is 8.13. The van der Waals surface area contributed by atoms with Crippen LogP contribution in [0.1, 0.15) is 31.2 Å². The van der Waals surface area contributed by atoms with Crippen molar-refractivity contribution in [3.05, 3.63) is 35.4 Å². The van der Waals surface area contributed by atoms with Crippen LogP contribution in [0.4, 0.5) is 8.78 Å². The van der Waals surface area contributed by atoms with Gasteiger partial charge < -0.3 is 9.84 Å². The maximum Gasteiger partial charge on any atom is 0.126 e. The Hall–Kier alpha value is -1.00. The lowest BCUT2D eigenvalue weighted by atomic mass is 9.95. The van der Waals surface area contributed by atoms with E-state index in [1.54, 1.807) is 0 Å². The molecule has 1 fully saturated rings. The van der Waals surface area contributed by atoms with Crippen LogP contribution in [0.2, 0.25) is 0 Å². The number of rotatable bonds is 3. The van der Waals surface area contributed by atoms with Crippen molar-refractivity contribution in [3.8, 4) is 0 Å². The molecule has 4 heteroatoms. The molecule has 0 bridgehead atoms. The molecule has 17 heavy (non-hydrogen) atoms. The average molecular weight is 242 g/mol. The standard InChI is InChI=1S/C13H16F2O2/c14-10-5-9(6-11(15)7-10)8-17-13-3-1-12(16)2-4-13/h5-7,12-13,16H,1-4,8H2. The van der Waals surface area contributed by atoms with Gasteiger partial charge in [0.05, 0.1) is 18.8 Å². The summed E-state index contributed by atoms with van der Waals surface area (Å²) in [5.41, 5.74) is 0.508. The van der Waals surface area contributed by atoms with E-state index in [1.807, 2.05) is 0 Å². The van der Waals surface area contributed by atoms with Crippen molar-refractivity contribution in [2.75, 3.05) is 0 Å². The van der Waals surface area contributed by atoms with E-state index < -0.39 is 11.6 Å². The zero-order chi connectivity index (χ0) is 12.3. The predicted octanol–water partition coefficient (Wildman–Crippen LogP) is 2.78. The Kier molecular flexibility index (Phi) is 4.07. The molecule has 1 saturated carbocycles. The maximum absolute atomic E-state index is 12.9. The Balaban J connectivity index is 1.85. The van der Waals surface area contributed by atoms with Gasteiger partial charge in [-0.2, -0.15) is 0 Å². The minimum atomic E-state index is -0.581. The summed E-state index contributed by atoms with van der Waals surface area (Å²) in [6, 6.07) is 3.40.